The van der Waals surface area contributed by atoms with Crippen LogP contribution < -0.4 is 15.8 Å². The van der Waals surface area contributed by atoms with E-state index in [9.17, 15) is 4.79 Å². The number of fused-ring (bicyclic) bond motifs is 1. The van der Waals surface area contributed by atoms with E-state index in [0.29, 0.717) is 13.2 Å². The molecular formula is C25H30N6O2. The minimum Gasteiger partial charge on any atom is -0.492 e. The largest absolute Gasteiger partial charge is 0.492 e. The van der Waals surface area contributed by atoms with Crippen molar-refractivity contribution in [3.05, 3.63) is 42.5 Å². The molecule has 1 amide bonds. The summed E-state index contributed by atoms with van der Waals surface area (Å²) in [6, 6.07) is 13.8. The molecule has 1 saturated carbocycles. The van der Waals surface area contributed by atoms with E-state index in [1.54, 1.807) is 18.3 Å². The monoisotopic (exact) mass is 446 g/mol. The van der Waals surface area contributed by atoms with E-state index >= 15 is 0 Å². The molecule has 3 aromatic rings. The first-order chi connectivity index (χ1) is 16.0. The number of aromatic nitrogens is 1. The van der Waals surface area contributed by atoms with Crippen LogP contribution in [0.1, 0.15) is 19.8 Å². The maximum absolute atomic E-state index is 12.0. The quantitative estimate of drug-likeness (QED) is 0.320. The smallest absolute Gasteiger partial charge is 0.227 e. The van der Waals surface area contributed by atoms with Gasteiger partial charge in [-0.25, -0.2) is 0 Å². The lowest BCUT2D eigenvalue weighted by atomic mass is 10.1. The van der Waals surface area contributed by atoms with Crippen LogP contribution in [-0.4, -0.2) is 48.3 Å². The second-order valence-electron chi connectivity index (χ2n) is 8.12. The molecule has 1 fully saturated rings. The number of hydrogen-bond donors (Lipinski definition) is 3. The van der Waals surface area contributed by atoms with E-state index in [4.69, 9.17) is 15.9 Å². The van der Waals surface area contributed by atoms with Gasteiger partial charge in [-0.1, -0.05) is 12.1 Å². The molecule has 0 radical (unpaired) electrons. The normalized spacial score (nSPS) is 13.4. The summed E-state index contributed by atoms with van der Waals surface area (Å²) in [5, 5.41) is 11.4. The second-order valence-corrected chi connectivity index (χ2v) is 8.12. The number of rotatable bonds is 10. The molecule has 2 aromatic carbocycles. The molecule has 172 valence electrons. The fourth-order valence-electron chi connectivity index (χ4n) is 3.96. The highest BCUT2D eigenvalue weighted by Crippen LogP contribution is 2.38. The van der Waals surface area contributed by atoms with Crippen molar-refractivity contribution < 1.29 is 9.53 Å². The summed E-state index contributed by atoms with van der Waals surface area (Å²) < 4.78 is 8.11. The number of aliphatic imine (C=N–C) groups is 1. The van der Waals surface area contributed by atoms with Gasteiger partial charge in [-0.05, 0) is 44.0 Å². The SMILES string of the molecule is CCn1c(-c2ccc(NC(=O)C3CC3)cc2)c(N)c2ccc(OCCN(C=N)/C=N\C)cc21. The summed E-state index contributed by atoms with van der Waals surface area (Å²) in [6.07, 6.45) is 4.78. The number of hydrogen-bond acceptors (Lipinski definition) is 5. The van der Waals surface area contributed by atoms with Crippen LogP contribution in [0.15, 0.2) is 47.5 Å². The number of nitrogens with zero attached hydrogens (tertiary/aromatic N) is 3. The van der Waals surface area contributed by atoms with Gasteiger partial charge in [0, 0.05) is 42.2 Å². The summed E-state index contributed by atoms with van der Waals surface area (Å²) >= 11 is 0. The molecule has 0 aliphatic heterocycles. The number of nitrogens with two attached hydrogens (primary N) is 1. The molecule has 0 bridgehead atoms. The molecule has 1 aliphatic carbocycles. The van der Waals surface area contributed by atoms with Crippen LogP contribution in [-0.2, 0) is 11.3 Å². The van der Waals surface area contributed by atoms with Crippen molar-refractivity contribution in [3.8, 4) is 17.0 Å². The van der Waals surface area contributed by atoms with E-state index in [-0.39, 0.29) is 11.8 Å². The number of nitrogens with one attached hydrogen (secondary N) is 2. The molecule has 0 atom stereocenters. The van der Waals surface area contributed by atoms with Crippen LogP contribution in [0, 0.1) is 11.3 Å². The standard InChI is InChI=1S/C25H30N6O2/c1-3-31-22-14-20(33-13-12-30(15-26)16-28-2)10-11-21(22)23(27)24(31)17-6-8-19(9-7-17)29-25(32)18-4-5-18/h6-11,14-16,18,26H,3-5,12-13,27H2,1-2H3,(H,29,32)/b26-15?,28-16-. The van der Waals surface area contributed by atoms with Gasteiger partial charge in [-0.15, -0.1) is 0 Å². The average Bonchev–Trinajstić information content (AvgIpc) is 3.64. The number of ether oxygens (including phenoxy) is 1. The Kier molecular flexibility index (Phi) is 6.63. The number of aryl methyl sites for hydroxylation is 1. The van der Waals surface area contributed by atoms with E-state index in [2.05, 4.69) is 21.8 Å². The van der Waals surface area contributed by atoms with E-state index in [0.717, 1.165) is 58.7 Å². The molecule has 8 nitrogen and oxygen atoms in total. The number of benzene rings is 2. The van der Waals surface area contributed by atoms with Crippen LogP contribution in [0.25, 0.3) is 22.2 Å². The molecule has 33 heavy (non-hydrogen) atoms. The molecule has 0 spiro atoms. The van der Waals surface area contributed by atoms with Gasteiger partial charge in [0.05, 0.1) is 36.1 Å². The first-order valence-corrected chi connectivity index (χ1v) is 11.2. The van der Waals surface area contributed by atoms with Crippen molar-refractivity contribution in [2.45, 2.75) is 26.3 Å². The van der Waals surface area contributed by atoms with Gasteiger partial charge in [0.1, 0.15) is 12.4 Å². The third kappa shape index (κ3) is 4.84. The molecule has 1 aliphatic rings. The average molecular weight is 447 g/mol. The lowest BCUT2D eigenvalue weighted by Crippen LogP contribution is -2.25. The molecule has 8 heteroatoms. The summed E-state index contributed by atoms with van der Waals surface area (Å²) in [7, 11) is 1.67. The molecular weight excluding hydrogens is 416 g/mol. The van der Waals surface area contributed by atoms with Crippen molar-refractivity contribution >= 4 is 40.9 Å². The zero-order valence-electron chi connectivity index (χ0n) is 19.0. The Morgan fingerprint density at radius 2 is 2.06 bits per heavy atom. The molecule has 4 rings (SSSR count). The fourth-order valence-corrected chi connectivity index (χ4v) is 3.96. The Balaban J connectivity index is 1.56. The maximum Gasteiger partial charge on any atom is 0.227 e. The van der Waals surface area contributed by atoms with Crippen LogP contribution in [0.2, 0.25) is 0 Å². The lowest BCUT2D eigenvalue weighted by molar-refractivity contribution is -0.117. The van der Waals surface area contributed by atoms with Crippen LogP contribution in [0.5, 0.6) is 5.75 Å². The highest BCUT2D eigenvalue weighted by molar-refractivity contribution is 6.01. The highest BCUT2D eigenvalue weighted by atomic mass is 16.5. The molecule has 0 saturated heterocycles. The Hall–Kier alpha value is -3.81. The van der Waals surface area contributed by atoms with E-state index in [1.165, 1.54) is 6.34 Å². The van der Waals surface area contributed by atoms with Gasteiger partial charge >= 0.3 is 0 Å². The van der Waals surface area contributed by atoms with Crippen LogP contribution >= 0.6 is 0 Å². The first kappa shape index (κ1) is 22.4. The van der Waals surface area contributed by atoms with Crippen molar-refractivity contribution in [1.29, 1.82) is 5.41 Å². The molecule has 4 N–H and O–H groups in total. The lowest BCUT2D eigenvalue weighted by Gasteiger charge is -2.14. The summed E-state index contributed by atoms with van der Waals surface area (Å²) in [6.45, 7) is 3.80. The van der Waals surface area contributed by atoms with Crippen molar-refractivity contribution in [1.82, 2.24) is 9.47 Å². The fraction of sp³-hybridized carbons (Fsp3) is 0.320. The number of carbonyl (C=O) groups is 1. The summed E-state index contributed by atoms with van der Waals surface area (Å²) in [5.74, 6) is 1.02. The number of nitrogen functional groups attached to an aromatic ring is 1. The highest BCUT2D eigenvalue weighted by Gasteiger charge is 2.29. The summed E-state index contributed by atoms with van der Waals surface area (Å²) in [4.78, 5) is 17.6. The van der Waals surface area contributed by atoms with Crippen LogP contribution in [0.3, 0.4) is 0 Å². The third-order valence-electron chi connectivity index (χ3n) is 5.81. The number of anilines is 2. The minimum atomic E-state index is 0.100. The van der Waals surface area contributed by atoms with E-state index < -0.39 is 0 Å². The topological polar surface area (TPSA) is 109 Å². The number of carbonyl (C=O) groups excluding carboxylic acids is 1. The van der Waals surface area contributed by atoms with Gasteiger partial charge in [-0.2, -0.15) is 0 Å². The van der Waals surface area contributed by atoms with Gasteiger partial charge in [0.25, 0.3) is 0 Å². The molecule has 1 heterocycles. The van der Waals surface area contributed by atoms with Gasteiger partial charge in [0.15, 0.2) is 0 Å². The first-order valence-electron chi connectivity index (χ1n) is 11.2. The van der Waals surface area contributed by atoms with Crippen LogP contribution in [0.4, 0.5) is 11.4 Å². The van der Waals surface area contributed by atoms with Gasteiger partial charge in [-0.3, -0.25) is 15.2 Å². The van der Waals surface area contributed by atoms with Gasteiger partial charge < -0.3 is 25.3 Å². The molecule has 0 unspecified atom stereocenters. The summed E-state index contributed by atoms with van der Waals surface area (Å²) in [5.41, 5.74) is 11.1. The predicted octanol–water partition coefficient (Wildman–Crippen LogP) is 4.20. The molecule has 1 aromatic heterocycles. The Morgan fingerprint density at radius 3 is 2.70 bits per heavy atom. The Labute approximate surface area is 193 Å². The minimum absolute atomic E-state index is 0.100. The maximum atomic E-state index is 12.0. The number of amides is 1. The van der Waals surface area contributed by atoms with Gasteiger partial charge in [0.2, 0.25) is 5.91 Å². The van der Waals surface area contributed by atoms with Crippen molar-refractivity contribution in [2.75, 3.05) is 31.2 Å². The zero-order valence-corrected chi connectivity index (χ0v) is 19.0. The Bertz CT molecular complexity index is 1180. The zero-order chi connectivity index (χ0) is 23.4. The Morgan fingerprint density at radius 1 is 1.30 bits per heavy atom. The third-order valence-corrected chi connectivity index (χ3v) is 5.81. The second kappa shape index (κ2) is 9.77. The predicted molar refractivity (Wildman–Crippen MR) is 134 cm³/mol. The van der Waals surface area contributed by atoms with Crippen molar-refractivity contribution in [2.24, 2.45) is 10.9 Å². The van der Waals surface area contributed by atoms with Crippen molar-refractivity contribution in [3.63, 3.8) is 0 Å². The van der Waals surface area contributed by atoms with E-state index in [1.807, 2.05) is 42.5 Å².